The molecule has 0 radical (unpaired) electrons. The minimum atomic E-state index is -0.633. The van der Waals surface area contributed by atoms with Crippen LogP contribution in [-0.4, -0.2) is 24.3 Å². The molecule has 0 spiro atoms. The summed E-state index contributed by atoms with van der Waals surface area (Å²) >= 11 is 1.30. The number of hydrogen-bond acceptors (Lipinski definition) is 7. The third-order valence-electron chi connectivity index (χ3n) is 7.17. The van der Waals surface area contributed by atoms with Crippen molar-refractivity contribution < 1.29 is 19.0 Å². The third-order valence-corrected chi connectivity index (χ3v) is 8.16. The second-order valence-corrected chi connectivity index (χ2v) is 10.8. The van der Waals surface area contributed by atoms with E-state index in [2.05, 4.69) is 18.0 Å². The Balaban J connectivity index is 1.57. The molecule has 0 saturated heterocycles. The molecule has 3 aromatic carbocycles. The number of benzene rings is 3. The summed E-state index contributed by atoms with van der Waals surface area (Å²) in [5.41, 5.74) is 5.44. The SMILES string of the molecule is CCOC(=O)C1=C(C)N=c2sc(=Cc3ccc(OC)c(COc4cccc(C)c4C)c3)c(=O)n2[C@@H]1c1ccccc1. The van der Waals surface area contributed by atoms with Crippen LogP contribution in [0.25, 0.3) is 6.08 Å². The van der Waals surface area contributed by atoms with Gasteiger partial charge in [0, 0.05) is 5.56 Å². The molecule has 0 saturated carbocycles. The number of rotatable bonds is 8. The Bertz CT molecular complexity index is 1820. The van der Waals surface area contributed by atoms with Crippen molar-refractivity contribution in [2.45, 2.75) is 40.3 Å². The highest BCUT2D eigenvalue weighted by Gasteiger charge is 2.33. The zero-order valence-corrected chi connectivity index (χ0v) is 24.6. The molecular weight excluding hydrogens is 536 g/mol. The van der Waals surface area contributed by atoms with Gasteiger partial charge in [-0.2, -0.15) is 0 Å². The van der Waals surface area contributed by atoms with E-state index in [1.807, 2.05) is 73.7 Å². The standard InChI is InChI=1S/C33H32N2O5S/c1-6-39-32(37)29-22(4)34-33-35(30(29)24-12-8-7-9-13-24)31(36)28(41-33)18-23-15-16-27(38-5)25(17-23)19-40-26-14-10-11-20(2)21(26)3/h7-18,30H,6,19H2,1-5H3/t30-/m1/s1. The molecule has 0 aliphatic carbocycles. The summed E-state index contributed by atoms with van der Waals surface area (Å²) in [6.07, 6.45) is 1.84. The van der Waals surface area contributed by atoms with E-state index < -0.39 is 12.0 Å². The maximum atomic E-state index is 13.9. The first-order valence-electron chi connectivity index (χ1n) is 13.4. The van der Waals surface area contributed by atoms with E-state index >= 15 is 0 Å². The zero-order chi connectivity index (χ0) is 29.1. The molecule has 1 aliphatic heterocycles. The summed E-state index contributed by atoms with van der Waals surface area (Å²) in [7, 11) is 1.63. The van der Waals surface area contributed by atoms with Gasteiger partial charge >= 0.3 is 5.97 Å². The number of methoxy groups -OCH3 is 1. The van der Waals surface area contributed by atoms with E-state index in [9.17, 15) is 9.59 Å². The average Bonchev–Trinajstić information content (AvgIpc) is 3.27. The van der Waals surface area contributed by atoms with Crippen molar-refractivity contribution in [1.29, 1.82) is 0 Å². The highest BCUT2D eigenvalue weighted by atomic mass is 32.1. The van der Waals surface area contributed by atoms with E-state index in [4.69, 9.17) is 14.2 Å². The number of aryl methyl sites for hydroxylation is 1. The molecule has 5 rings (SSSR count). The normalized spacial score (nSPS) is 14.9. The smallest absolute Gasteiger partial charge is 0.338 e. The topological polar surface area (TPSA) is 79.1 Å². The molecule has 1 aliphatic rings. The van der Waals surface area contributed by atoms with Gasteiger partial charge in [-0.15, -0.1) is 0 Å². The highest BCUT2D eigenvalue weighted by Crippen LogP contribution is 2.30. The van der Waals surface area contributed by atoms with Crippen LogP contribution in [0.3, 0.4) is 0 Å². The van der Waals surface area contributed by atoms with Gasteiger partial charge in [0.2, 0.25) is 0 Å². The fourth-order valence-electron chi connectivity index (χ4n) is 4.93. The second kappa shape index (κ2) is 12.0. The number of esters is 1. The quantitative estimate of drug-likeness (QED) is 0.280. The van der Waals surface area contributed by atoms with E-state index in [1.54, 1.807) is 25.5 Å². The lowest BCUT2D eigenvalue weighted by Crippen LogP contribution is -2.39. The number of carbonyl (C=O) groups excluding carboxylic acids is 1. The Morgan fingerprint density at radius 3 is 2.54 bits per heavy atom. The summed E-state index contributed by atoms with van der Waals surface area (Å²) in [5, 5.41) is 0. The summed E-state index contributed by atoms with van der Waals surface area (Å²) in [5.74, 6) is 1.05. The predicted molar refractivity (Wildman–Crippen MR) is 160 cm³/mol. The molecule has 2 heterocycles. The number of carbonyl (C=O) groups is 1. The minimum Gasteiger partial charge on any atom is -0.496 e. The maximum absolute atomic E-state index is 13.9. The molecule has 1 atom stereocenters. The number of allylic oxidation sites excluding steroid dienone is 1. The van der Waals surface area contributed by atoms with Crippen LogP contribution in [0.15, 0.2) is 87.8 Å². The van der Waals surface area contributed by atoms with Gasteiger partial charge in [-0.25, -0.2) is 9.79 Å². The number of ether oxygens (including phenoxy) is 3. The maximum Gasteiger partial charge on any atom is 0.338 e. The van der Waals surface area contributed by atoms with Gasteiger partial charge in [0.05, 0.1) is 35.6 Å². The average molecular weight is 569 g/mol. The fourth-order valence-corrected chi connectivity index (χ4v) is 5.98. The number of hydrogen-bond donors (Lipinski definition) is 0. The summed E-state index contributed by atoms with van der Waals surface area (Å²) in [6.45, 7) is 8.18. The summed E-state index contributed by atoms with van der Waals surface area (Å²) in [6, 6.07) is 20.6. The number of thiazole rings is 1. The summed E-state index contributed by atoms with van der Waals surface area (Å²) in [4.78, 5) is 32.1. The van der Waals surface area contributed by atoms with Crippen LogP contribution >= 0.6 is 11.3 Å². The number of fused-ring (bicyclic) bond motifs is 1. The van der Waals surface area contributed by atoms with Gasteiger partial charge in [0.15, 0.2) is 4.80 Å². The fraction of sp³-hybridized carbons (Fsp3) is 0.242. The zero-order valence-electron chi connectivity index (χ0n) is 23.8. The monoisotopic (exact) mass is 568 g/mol. The van der Waals surface area contributed by atoms with Crippen molar-refractivity contribution in [2.24, 2.45) is 4.99 Å². The first-order chi connectivity index (χ1) is 19.8. The van der Waals surface area contributed by atoms with Crippen molar-refractivity contribution in [2.75, 3.05) is 13.7 Å². The van der Waals surface area contributed by atoms with Crippen molar-refractivity contribution in [3.63, 3.8) is 0 Å². The van der Waals surface area contributed by atoms with Crippen LogP contribution in [-0.2, 0) is 16.1 Å². The largest absolute Gasteiger partial charge is 0.496 e. The molecular formula is C33H32N2O5S. The van der Waals surface area contributed by atoms with E-state index in [-0.39, 0.29) is 12.2 Å². The summed E-state index contributed by atoms with van der Waals surface area (Å²) < 4.78 is 19.2. The molecule has 0 N–H and O–H groups in total. The molecule has 41 heavy (non-hydrogen) atoms. The molecule has 0 unspecified atom stereocenters. The van der Waals surface area contributed by atoms with Crippen molar-refractivity contribution in [1.82, 2.24) is 4.57 Å². The highest BCUT2D eigenvalue weighted by molar-refractivity contribution is 7.07. The van der Waals surface area contributed by atoms with E-state index in [0.29, 0.717) is 33.0 Å². The molecule has 4 aromatic rings. The molecule has 8 heteroatoms. The first-order valence-corrected chi connectivity index (χ1v) is 14.2. The van der Waals surface area contributed by atoms with E-state index in [0.717, 1.165) is 33.6 Å². The Morgan fingerprint density at radius 1 is 1.02 bits per heavy atom. The van der Waals surface area contributed by atoms with Gasteiger partial charge in [-0.1, -0.05) is 59.9 Å². The van der Waals surface area contributed by atoms with Crippen LogP contribution in [0, 0.1) is 13.8 Å². The minimum absolute atomic E-state index is 0.221. The Kier molecular flexibility index (Phi) is 8.21. The predicted octanol–water partition coefficient (Wildman–Crippen LogP) is 5.00. The van der Waals surface area contributed by atoms with Gasteiger partial charge in [0.25, 0.3) is 5.56 Å². The Hall–Kier alpha value is -4.43. The van der Waals surface area contributed by atoms with Crippen LogP contribution in [0.5, 0.6) is 11.5 Å². The van der Waals surface area contributed by atoms with Gasteiger partial charge < -0.3 is 14.2 Å². The molecule has 210 valence electrons. The van der Waals surface area contributed by atoms with Crippen molar-refractivity contribution in [3.8, 4) is 11.5 Å². The van der Waals surface area contributed by atoms with Crippen LogP contribution < -0.4 is 24.4 Å². The van der Waals surface area contributed by atoms with Crippen LogP contribution in [0.1, 0.15) is 47.7 Å². The second-order valence-electron chi connectivity index (χ2n) is 9.77. The lowest BCUT2D eigenvalue weighted by atomic mass is 9.96. The number of aromatic nitrogens is 1. The Morgan fingerprint density at radius 2 is 1.80 bits per heavy atom. The lowest BCUT2D eigenvalue weighted by molar-refractivity contribution is -0.139. The van der Waals surface area contributed by atoms with E-state index in [1.165, 1.54) is 11.3 Å². The molecule has 0 bridgehead atoms. The molecule has 0 fully saturated rings. The lowest BCUT2D eigenvalue weighted by Gasteiger charge is -2.24. The Labute approximate surface area is 242 Å². The number of nitrogens with zero attached hydrogens (tertiary/aromatic N) is 2. The molecule has 0 amide bonds. The first kappa shape index (κ1) is 28.1. The van der Waals surface area contributed by atoms with Crippen LogP contribution in [0.2, 0.25) is 0 Å². The van der Waals surface area contributed by atoms with Crippen LogP contribution in [0.4, 0.5) is 0 Å². The van der Waals surface area contributed by atoms with Crippen molar-refractivity contribution in [3.05, 3.63) is 126 Å². The van der Waals surface area contributed by atoms with Gasteiger partial charge in [0.1, 0.15) is 18.1 Å². The molecule has 1 aromatic heterocycles. The van der Waals surface area contributed by atoms with Gasteiger partial charge in [-0.3, -0.25) is 9.36 Å². The van der Waals surface area contributed by atoms with Crippen molar-refractivity contribution >= 4 is 23.4 Å². The molecule has 7 nitrogen and oxygen atoms in total. The van der Waals surface area contributed by atoms with Gasteiger partial charge in [-0.05, 0) is 74.2 Å². The third kappa shape index (κ3) is 5.60.